The van der Waals surface area contributed by atoms with Gasteiger partial charge in [-0.3, -0.25) is 4.79 Å². The molecule has 2 saturated carbocycles. The van der Waals surface area contributed by atoms with Gasteiger partial charge in [0.05, 0.1) is 5.92 Å². The number of alkyl halides is 3. The normalized spacial score (nSPS) is 25.4. The molecule has 0 radical (unpaired) electrons. The fourth-order valence-corrected chi connectivity index (χ4v) is 5.98. The Bertz CT molecular complexity index is 1000. The highest BCUT2D eigenvalue weighted by molar-refractivity contribution is 5.87. The topological polar surface area (TPSA) is 35.5 Å². The third-order valence-electron chi connectivity index (χ3n) is 7.96. The first-order valence-corrected chi connectivity index (χ1v) is 12.9. The highest BCUT2D eigenvalue weighted by Crippen LogP contribution is 2.42. The number of unbranched alkanes of at least 4 members (excludes halogenated alkanes) is 1. The zero-order valence-electron chi connectivity index (χ0n) is 20.2. The van der Waals surface area contributed by atoms with E-state index < -0.39 is 17.9 Å². The largest absolute Gasteiger partial charge is 0.573 e. The molecule has 2 aromatic rings. The van der Waals surface area contributed by atoms with E-state index in [4.69, 9.17) is 4.74 Å². The highest BCUT2D eigenvalue weighted by Gasteiger charge is 2.34. The molecule has 0 spiro atoms. The van der Waals surface area contributed by atoms with Crippen molar-refractivity contribution in [2.75, 3.05) is 0 Å². The summed E-state index contributed by atoms with van der Waals surface area (Å²) in [6.45, 7) is 2.25. The van der Waals surface area contributed by atoms with E-state index in [1.54, 1.807) is 0 Å². The number of esters is 1. The number of hydrogen-bond acceptors (Lipinski definition) is 3. The van der Waals surface area contributed by atoms with Crippen LogP contribution in [0.2, 0.25) is 0 Å². The number of benzene rings is 2. The second-order valence-corrected chi connectivity index (χ2v) is 10.3. The summed E-state index contributed by atoms with van der Waals surface area (Å²) in [4.78, 5) is 12.8. The maximum Gasteiger partial charge on any atom is 0.573 e. The summed E-state index contributed by atoms with van der Waals surface area (Å²) in [6, 6.07) is 6.43. The van der Waals surface area contributed by atoms with Gasteiger partial charge in [-0.1, -0.05) is 45.1 Å². The van der Waals surface area contributed by atoms with Crippen LogP contribution in [0.3, 0.4) is 0 Å². The first-order chi connectivity index (χ1) is 16.7. The van der Waals surface area contributed by atoms with Gasteiger partial charge in [-0.25, -0.2) is 4.39 Å². The molecule has 35 heavy (non-hydrogen) atoms. The number of ether oxygens (including phenoxy) is 2. The van der Waals surface area contributed by atoms with E-state index in [1.807, 2.05) is 0 Å². The highest BCUT2D eigenvalue weighted by atomic mass is 19.4. The van der Waals surface area contributed by atoms with Crippen LogP contribution in [0.1, 0.15) is 77.6 Å². The van der Waals surface area contributed by atoms with Gasteiger partial charge in [-0.2, -0.15) is 0 Å². The van der Waals surface area contributed by atoms with Gasteiger partial charge in [-0.15, -0.1) is 13.2 Å². The van der Waals surface area contributed by atoms with Crippen LogP contribution in [0, 0.1) is 29.5 Å². The Kier molecular flexibility index (Phi) is 8.23. The zero-order valence-corrected chi connectivity index (χ0v) is 20.2. The summed E-state index contributed by atoms with van der Waals surface area (Å²) in [5.74, 6) is 0.215. The predicted octanol–water partition coefficient (Wildman–Crippen LogP) is 8.59. The van der Waals surface area contributed by atoms with E-state index in [1.165, 1.54) is 69.2 Å². The van der Waals surface area contributed by atoms with Crippen molar-refractivity contribution < 1.29 is 31.8 Å². The zero-order chi connectivity index (χ0) is 25.0. The Labute approximate surface area is 204 Å². The molecule has 192 valence electrons. The molecule has 0 unspecified atom stereocenters. The lowest BCUT2D eigenvalue weighted by molar-refractivity contribution is -0.275. The van der Waals surface area contributed by atoms with E-state index >= 15 is 0 Å². The number of fused-ring (bicyclic) bond motifs is 1. The molecule has 0 N–H and O–H groups in total. The fourth-order valence-electron chi connectivity index (χ4n) is 5.98. The summed E-state index contributed by atoms with van der Waals surface area (Å²) >= 11 is 0. The van der Waals surface area contributed by atoms with Gasteiger partial charge in [0.15, 0.2) is 11.6 Å². The first kappa shape index (κ1) is 25.8. The summed E-state index contributed by atoms with van der Waals surface area (Å²) in [6.07, 6.45) is 8.06. The van der Waals surface area contributed by atoms with E-state index in [0.29, 0.717) is 11.3 Å². The van der Waals surface area contributed by atoms with Gasteiger partial charge in [0.25, 0.3) is 0 Å². The maximum atomic E-state index is 14.4. The fraction of sp³-hybridized carbons (Fsp3) is 0.607. The minimum atomic E-state index is -4.98. The monoisotopic (exact) mass is 494 g/mol. The lowest BCUT2D eigenvalue weighted by Gasteiger charge is -2.37. The van der Waals surface area contributed by atoms with Gasteiger partial charge in [0, 0.05) is 5.39 Å². The van der Waals surface area contributed by atoms with Crippen LogP contribution in [-0.2, 0) is 4.79 Å². The van der Waals surface area contributed by atoms with Crippen molar-refractivity contribution in [2.24, 2.45) is 23.7 Å². The third kappa shape index (κ3) is 6.68. The SMILES string of the molecule is CCCCC1CCC(C2CCC(C(=O)Oc3ccc4c(F)c(OC(F)(F)F)ccc4c3)CC2)CC1. The lowest BCUT2D eigenvalue weighted by Crippen LogP contribution is -2.30. The number of rotatable bonds is 7. The van der Waals surface area contributed by atoms with Crippen molar-refractivity contribution in [3.63, 3.8) is 0 Å². The Hall–Kier alpha value is -2.31. The van der Waals surface area contributed by atoms with E-state index in [0.717, 1.165) is 43.6 Å². The smallest absolute Gasteiger partial charge is 0.426 e. The molecule has 3 nitrogen and oxygen atoms in total. The second-order valence-electron chi connectivity index (χ2n) is 10.3. The Morgan fingerprint density at radius 3 is 2.23 bits per heavy atom. The third-order valence-corrected chi connectivity index (χ3v) is 7.96. The van der Waals surface area contributed by atoms with Crippen molar-refractivity contribution in [1.82, 2.24) is 0 Å². The van der Waals surface area contributed by atoms with Crippen molar-refractivity contribution in [3.8, 4) is 11.5 Å². The summed E-state index contributed by atoms with van der Waals surface area (Å²) in [5.41, 5.74) is 0. The lowest BCUT2D eigenvalue weighted by atomic mass is 9.68. The molecule has 0 bridgehead atoms. The Morgan fingerprint density at radius 2 is 1.60 bits per heavy atom. The molecular formula is C28H34F4O3. The number of carbonyl (C=O) groups is 1. The van der Waals surface area contributed by atoms with Crippen LogP contribution in [0.5, 0.6) is 11.5 Å². The summed E-state index contributed by atoms with van der Waals surface area (Å²) < 4.78 is 61.1. The molecule has 0 aromatic heterocycles. The van der Waals surface area contributed by atoms with E-state index in [2.05, 4.69) is 11.7 Å². The number of carbonyl (C=O) groups excluding carboxylic acids is 1. The molecule has 2 aliphatic rings. The minimum absolute atomic E-state index is 0.0310. The maximum absolute atomic E-state index is 14.4. The molecule has 0 atom stereocenters. The van der Waals surface area contributed by atoms with E-state index in [-0.39, 0.29) is 23.0 Å². The van der Waals surface area contributed by atoms with Crippen molar-refractivity contribution in [1.29, 1.82) is 0 Å². The van der Waals surface area contributed by atoms with Crippen LogP contribution >= 0.6 is 0 Å². The first-order valence-electron chi connectivity index (χ1n) is 12.9. The predicted molar refractivity (Wildman–Crippen MR) is 127 cm³/mol. The van der Waals surface area contributed by atoms with E-state index in [9.17, 15) is 22.4 Å². The van der Waals surface area contributed by atoms with Gasteiger partial charge < -0.3 is 9.47 Å². The van der Waals surface area contributed by atoms with Crippen molar-refractivity contribution in [3.05, 3.63) is 36.1 Å². The standard InChI is InChI=1S/C28H34F4O3/c1-2-3-4-18-5-7-19(8-6-18)20-9-11-21(12-10-20)27(33)34-23-14-15-24-22(17-23)13-16-25(26(24)29)35-28(30,31)32/h13-21H,2-12H2,1H3. The average Bonchev–Trinajstić information content (AvgIpc) is 2.84. The summed E-state index contributed by atoms with van der Waals surface area (Å²) in [7, 11) is 0. The minimum Gasteiger partial charge on any atom is -0.426 e. The van der Waals surface area contributed by atoms with Crippen LogP contribution in [0.25, 0.3) is 10.8 Å². The van der Waals surface area contributed by atoms with Gasteiger partial charge in [-0.05, 0) is 85.9 Å². The van der Waals surface area contributed by atoms with Crippen LogP contribution in [0.15, 0.2) is 30.3 Å². The van der Waals surface area contributed by atoms with Crippen LogP contribution in [-0.4, -0.2) is 12.3 Å². The van der Waals surface area contributed by atoms with Crippen LogP contribution in [0.4, 0.5) is 17.6 Å². The van der Waals surface area contributed by atoms with Crippen molar-refractivity contribution >= 4 is 16.7 Å². The molecule has 7 heteroatoms. The molecule has 2 aliphatic carbocycles. The Balaban J connectivity index is 1.29. The molecule has 4 rings (SSSR count). The molecule has 0 saturated heterocycles. The molecule has 2 fully saturated rings. The quantitative estimate of drug-likeness (QED) is 0.220. The number of hydrogen-bond donors (Lipinski definition) is 0. The Morgan fingerprint density at radius 1 is 0.943 bits per heavy atom. The van der Waals surface area contributed by atoms with Gasteiger partial charge >= 0.3 is 12.3 Å². The number of halogens is 4. The van der Waals surface area contributed by atoms with Gasteiger partial charge in [0.2, 0.25) is 0 Å². The molecule has 0 aliphatic heterocycles. The second kappa shape index (κ2) is 11.2. The van der Waals surface area contributed by atoms with Crippen LogP contribution < -0.4 is 9.47 Å². The molecule has 0 amide bonds. The molecular weight excluding hydrogens is 460 g/mol. The molecule has 0 heterocycles. The van der Waals surface area contributed by atoms with Gasteiger partial charge in [0.1, 0.15) is 5.75 Å². The molecule has 2 aromatic carbocycles. The summed E-state index contributed by atoms with van der Waals surface area (Å²) in [5, 5.41) is 0.303. The van der Waals surface area contributed by atoms with Crippen molar-refractivity contribution in [2.45, 2.75) is 83.9 Å². The average molecular weight is 495 g/mol.